The minimum atomic E-state index is -0.255. The van der Waals surface area contributed by atoms with Gasteiger partial charge in [0.2, 0.25) is 0 Å². The van der Waals surface area contributed by atoms with Crippen LogP contribution in [0, 0.1) is 11.3 Å². The Labute approximate surface area is 282 Å². The number of likely N-dealkylation sites (tertiary alicyclic amines) is 2. The van der Waals surface area contributed by atoms with E-state index in [4.69, 9.17) is 26.3 Å². The molecule has 11 heteroatoms. The molecule has 47 heavy (non-hydrogen) atoms. The maximum absolute atomic E-state index is 13.5. The van der Waals surface area contributed by atoms with E-state index >= 15 is 0 Å². The Morgan fingerprint density at radius 1 is 1.04 bits per heavy atom. The molecular formula is C36H43ClN8O2. The molecule has 2 aromatic carbocycles. The minimum absolute atomic E-state index is 0.0457. The molecule has 10 nitrogen and oxygen atoms in total. The summed E-state index contributed by atoms with van der Waals surface area (Å²) in [6.45, 7) is 11.4. The fourth-order valence-electron chi connectivity index (χ4n) is 7.50. The van der Waals surface area contributed by atoms with Crippen molar-refractivity contribution in [2.24, 2.45) is 0 Å². The topological polar surface area (TPSA) is 92.1 Å². The van der Waals surface area contributed by atoms with Gasteiger partial charge in [0.15, 0.2) is 0 Å². The monoisotopic (exact) mass is 654 g/mol. The normalized spacial score (nSPS) is 21.8. The molecular weight excluding hydrogens is 612 g/mol. The average molecular weight is 655 g/mol. The zero-order valence-corrected chi connectivity index (χ0v) is 28.0. The van der Waals surface area contributed by atoms with Crippen molar-refractivity contribution in [2.45, 2.75) is 50.7 Å². The zero-order valence-electron chi connectivity index (χ0n) is 27.2. The molecule has 2 atom stereocenters. The molecule has 0 radical (unpaired) electrons. The number of hydrogen-bond donors (Lipinski definition) is 0. The summed E-state index contributed by atoms with van der Waals surface area (Å²) in [6.07, 6.45) is 4.43. The molecule has 1 amide bonds. The van der Waals surface area contributed by atoms with Crippen molar-refractivity contribution in [2.75, 3.05) is 75.8 Å². The van der Waals surface area contributed by atoms with Crippen molar-refractivity contribution >= 4 is 39.8 Å². The smallest absolute Gasteiger partial charge is 0.318 e. The Kier molecular flexibility index (Phi) is 9.22. The van der Waals surface area contributed by atoms with E-state index in [1.54, 1.807) is 0 Å². The van der Waals surface area contributed by atoms with Gasteiger partial charge in [-0.1, -0.05) is 42.4 Å². The lowest BCUT2D eigenvalue weighted by Crippen LogP contribution is -2.56. The number of hydrogen-bond acceptors (Lipinski definition) is 9. The number of ether oxygens (including phenoxy) is 1. The molecule has 4 aliphatic rings. The number of aromatic nitrogens is 2. The summed E-state index contributed by atoms with van der Waals surface area (Å²) in [5.74, 6) is 0.811. The lowest BCUT2D eigenvalue weighted by Gasteiger charge is -2.43. The van der Waals surface area contributed by atoms with E-state index in [2.05, 4.69) is 63.6 Å². The fourth-order valence-corrected chi connectivity index (χ4v) is 7.77. The summed E-state index contributed by atoms with van der Waals surface area (Å²) in [6, 6.07) is 15.1. The highest BCUT2D eigenvalue weighted by molar-refractivity contribution is 6.36. The van der Waals surface area contributed by atoms with Gasteiger partial charge in [-0.25, -0.2) is 0 Å². The van der Waals surface area contributed by atoms with Crippen molar-refractivity contribution in [3.05, 3.63) is 64.8 Å². The third-order valence-electron chi connectivity index (χ3n) is 10.3. The second-order valence-electron chi connectivity index (χ2n) is 13.3. The van der Waals surface area contributed by atoms with Gasteiger partial charge in [0.1, 0.15) is 12.4 Å². The van der Waals surface area contributed by atoms with E-state index in [0.717, 1.165) is 90.4 Å². The molecule has 0 unspecified atom stereocenters. The van der Waals surface area contributed by atoms with Crippen molar-refractivity contribution in [3.63, 3.8) is 0 Å². The lowest BCUT2D eigenvalue weighted by molar-refractivity contribution is -0.130. The van der Waals surface area contributed by atoms with Crippen LogP contribution in [0.5, 0.6) is 6.01 Å². The van der Waals surface area contributed by atoms with Crippen LogP contribution in [0.4, 0.5) is 11.5 Å². The number of fused-ring (bicyclic) bond motifs is 2. The number of rotatable bonds is 9. The SMILES string of the molecule is C=C(CN1CCC1)C(=O)N1CCN(c2nc(OC[C@@H]3CCCN3C)nc3c2CCN(c2cccc4cccc(Cl)c24)C3)C[C@@H]1CC#N. The number of amides is 1. The molecule has 0 aliphatic carbocycles. The number of anilines is 2. The van der Waals surface area contributed by atoms with Crippen molar-refractivity contribution in [3.8, 4) is 12.1 Å². The van der Waals surface area contributed by atoms with Gasteiger partial charge in [0.25, 0.3) is 5.91 Å². The number of benzene rings is 2. The number of nitriles is 1. The van der Waals surface area contributed by atoms with Gasteiger partial charge in [-0.05, 0) is 69.9 Å². The second-order valence-corrected chi connectivity index (χ2v) is 13.7. The first-order valence-corrected chi connectivity index (χ1v) is 17.3. The first-order valence-electron chi connectivity index (χ1n) is 16.9. The van der Waals surface area contributed by atoms with Gasteiger partial charge < -0.3 is 24.3 Å². The first kappa shape index (κ1) is 31.7. The van der Waals surface area contributed by atoms with E-state index in [1.165, 1.54) is 0 Å². The number of likely N-dealkylation sites (N-methyl/N-ethyl adjacent to an activating group) is 1. The van der Waals surface area contributed by atoms with Crippen molar-refractivity contribution in [1.29, 1.82) is 5.26 Å². The van der Waals surface area contributed by atoms with Crippen LogP contribution in [-0.2, 0) is 17.8 Å². The molecule has 1 aromatic heterocycles. The minimum Gasteiger partial charge on any atom is -0.462 e. The number of carbonyl (C=O) groups excluding carboxylic acids is 1. The van der Waals surface area contributed by atoms with Gasteiger partial charge in [0, 0.05) is 61.0 Å². The predicted molar refractivity (Wildman–Crippen MR) is 185 cm³/mol. The highest BCUT2D eigenvalue weighted by atomic mass is 35.5. The summed E-state index contributed by atoms with van der Waals surface area (Å²) in [7, 11) is 2.14. The molecule has 0 spiro atoms. The molecule has 4 aliphatic heterocycles. The summed E-state index contributed by atoms with van der Waals surface area (Å²) in [4.78, 5) is 34.6. The second kappa shape index (κ2) is 13.7. The molecule has 3 saturated heterocycles. The summed E-state index contributed by atoms with van der Waals surface area (Å²) >= 11 is 6.74. The lowest BCUT2D eigenvalue weighted by atomic mass is 10.0. The predicted octanol–water partition coefficient (Wildman–Crippen LogP) is 4.51. The molecule has 0 bridgehead atoms. The highest BCUT2D eigenvalue weighted by Crippen LogP contribution is 2.37. The van der Waals surface area contributed by atoms with E-state index in [1.807, 2.05) is 17.0 Å². The van der Waals surface area contributed by atoms with Gasteiger partial charge >= 0.3 is 6.01 Å². The van der Waals surface area contributed by atoms with Gasteiger partial charge in [-0.15, -0.1) is 0 Å². The van der Waals surface area contributed by atoms with E-state index in [-0.39, 0.29) is 18.4 Å². The Morgan fingerprint density at radius 3 is 2.62 bits per heavy atom. The largest absolute Gasteiger partial charge is 0.462 e. The van der Waals surface area contributed by atoms with E-state index < -0.39 is 0 Å². The maximum atomic E-state index is 13.5. The van der Waals surface area contributed by atoms with Crippen LogP contribution in [0.25, 0.3) is 10.8 Å². The van der Waals surface area contributed by atoms with Crippen molar-refractivity contribution in [1.82, 2.24) is 24.7 Å². The van der Waals surface area contributed by atoms with E-state index in [9.17, 15) is 10.1 Å². The van der Waals surface area contributed by atoms with Gasteiger partial charge in [-0.2, -0.15) is 15.2 Å². The quantitative estimate of drug-likeness (QED) is 0.309. The third-order valence-corrected chi connectivity index (χ3v) is 10.6. The Bertz CT molecular complexity index is 1700. The van der Waals surface area contributed by atoms with Crippen LogP contribution in [0.1, 0.15) is 36.9 Å². The van der Waals surface area contributed by atoms with Gasteiger partial charge in [0.05, 0.1) is 35.8 Å². The van der Waals surface area contributed by atoms with Crippen LogP contribution >= 0.6 is 11.6 Å². The van der Waals surface area contributed by atoms with Crippen LogP contribution in [0.2, 0.25) is 5.02 Å². The molecule has 3 fully saturated rings. The molecule has 0 N–H and O–H groups in total. The van der Waals surface area contributed by atoms with Crippen molar-refractivity contribution < 1.29 is 9.53 Å². The molecule has 3 aromatic rings. The highest BCUT2D eigenvalue weighted by Gasteiger charge is 2.35. The number of halogens is 1. The number of nitrogens with zero attached hydrogens (tertiary/aromatic N) is 8. The van der Waals surface area contributed by atoms with Crippen LogP contribution < -0.4 is 14.5 Å². The third kappa shape index (κ3) is 6.49. The van der Waals surface area contributed by atoms with Crippen LogP contribution in [0.15, 0.2) is 48.6 Å². The average Bonchev–Trinajstić information content (AvgIpc) is 3.48. The standard InChI is InChI=1S/C36H43ClN8O2/c1-25(21-42-16-6-17-42)35(46)45-20-19-44(22-27(45)12-14-38)34-29-13-18-43(32-11-4-8-26-7-3-10-30(37)33(26)32)23-31(29)39-36(40-34)47-24-28-9-5-15-41(28)2/h3-4,7-8,10-11,27-28H,1,5-6,9,12-13,15-24H2,2H3/t27-,28-/m0/s1. The summed E-state index contributed by atoms with van der Waals surface area (Å²) in [5, 5.41) is 12.7. The number of carbonyl (C=O) groups is 1. The summed E-state index contributed by atoms with van der Waals surface area (Å²) in [5.41, 5.74) is 3.74. The van der Waals surface area contributed by atoms with Crippen LogP contribution in [-0.4, -0.2) is 109 Å². The Hall–Kier alpha value is -3.91. The summed E-state index contributed by atoms with van der Waals surface area (Å²) < 4.78 is 6.34. The van der Waals surface area contributed by atoms with Crippen LogP contribution in [0.3, 0.4) is 0 Å². The molecule has 7 rings (SSSR count). The Balaban J connectivity index is 1.17. The maximum Gasteiger partial charge on any atom is 0.318 e. The first-order chi connectivity index (χ1) is 22.9. The van der Waals surface area contributed by atoms with Gasteiger partial charge in [-0.3, -0.25) is 9.69 Å². The molecule has 0 saturated carbocycles. The Morgan fingerprint density at radius 2 is 1.87 bits per heavy atom. The fraction of sp³-hybridized carbons (Fsp3) is 0.500. The number of piperazine rings is 1. The zero-order chi connectivity index (χ0) is 32.5. The van der Waals surface area contributed by atoms with E-state index in [0.29, 0.717) is 57.0 Å². The molecule has 246 valence electrons. The molecule has 5 heterocycles.